The van der Waals surface area contributed by atoms with Crippen LogP contribution in [0.1, 0.15) is 28.2 Å². The average molecular weight is 315 g/mol. The first-order valence-corrected chi connectivity index (χ1v) is 8.33. The van der Waals surface area contributed by atoms with E-state index in [9.17, 15) is 0 Å². The molecule has 0 radical (unpaired) electrons. The van der Waals surface area contributed by atoms with E-state index in [2.05, 4.69) is 51.9 Å². The van der Waals surface area contributed by atoms with Crippen molar-refractivity contribution in [3.05, 3.63) is 34.2 Å². The van der Waals surface area contributed by atoms with Crippen molar-refractivity contribution in [3.8, 4) is 0 Å². The minimum atomic E-state index is 0.874. The van der Waals surface area contributed by atoms with E-state index in [0.29, 0.717) is 0 Å². The van der Waals surface area contributed by atoms with Crippen LogP contribution < -0.4 is 5.32 Å². The molecule has 0 atom stereocenters. The summed E-state index contributed by atoms with van der Waals surface area (Å²) < 4.78 is 2.06. The summed E-state index contributed by atoms with van der Waals surface area (Å²) in [6, 6.07) is 2.11. The molecule has 0 spiro atoms. The fourth-order valence-electron chi connectivity index (χ4n) is 2.65. The Kier molecular flexibility index (Phi) is 4.11. The summed E-state index contributed by atoms with van der Waals surface area (Å²) in [5.41, 5.74) is 3.57. The number of hydrogen-bond acceptors (Lipinski definition) is 5. The number of fused-ring (bicyclic) bond motifs is 1. The summed E-state index contributed by atoms with van der Waals surface area (Å²) in [5, 5.41) is 9.10. The second kappa shape index (κ2) is 6.04. The molecule has 0 amide bonds. The van der Waals surface area contributed by atoms with E-state index in [4.69, 9.17) is 0 Å². The molecule has 0 bridgehead atoms. The van der Waals surface area contributed by atoms with Crippen molar-refractivity contribution in [2.45, 2.75) is 40.7 Å². The van der Waals surface area contributed by atoms with Crippen molar-refractivity contribution in [2.75, 3.05) is 11.9 Å². The molecule has 0 aliphatic carbocycles. The van der Waals surface area contributed by atoms with Crippen LogP contribution in [-0.2, 0) is 6.54 Å². The van der Waals surface area contributed by atoms with Gasteiger partial charge in [-0.3, -0.25) is 4.68 Å². The Hall–Kier alpha value is -1.95. The van der Waals surface area contributed by atoms with E-state index in [1.165, 1.54) is 16.1 Å². The monoisotopic (exact) mass is 315 g/mol. The molecule has 5 nitrogen and oxygen atoms in total. The third-order valence-electron chi connectivity index (χ3n) is 3.91. The number of anilines is 1. The van der Waals surface area contributed by atoms with Gasteiger partial charge in [-0.2, -0.15) is 5.10 Å². The summed E-state index contributed by atoms with van der Waals surface area (Å²) in [6.45, 7) is 10.2. The predicted molar refractivity (Wildman–Crippen MR) is 91.7 cm³/mol. The average Bonchev–Trinajstić information content (AvgIpc) is 2.95. The summed E-state index contributed by atoms with van der Waals surface area (Å²) in [6.07, 6.45) is 2.65. The van der Waals surface area contributed by atoms with E-state index < -0.39 is 0 Å². The summed E-state index contributed by atoms with van der Waals surface area (Å²) in [7, 11) is 0. The minimum Gasteiger partial charge on any atom is -0.369 e. The van der Waals surface area contributed by atoms with Gasteiger partial charge in [0.25, 0.3) is 0 Å². The van der Waals surface area contributed by atoms with Crippen LogP contribution in [0.5, 0.6) is 0 Å². The molecule has 0 unspecified atom stereocenters. The molecule has 1 N–H and O–H groups in total. The first-order valence-electron chi connectivity index (χ1n) is 7.52. The number of aromatic nitrogens is 4. The molecule has 0 aliphatic heterocycles. The number of nitrogens with one attached hydrogen (secondary N) is 1. The number of aryl methyl sites for hydroxylation is 5. The fraction of sp³-hybridized carbons (Fsp3) is 0.438. The lowest BCUT2D eigenvalue weighted by Crippen LogP contribution is -2.10. The lowest BCUT2D eigenvalue weighted by atomic mass is 10.2. The molecule has 3 heterocycles. The van der Waals surface area contributed by atoms with Crippen molar-refractivity contribution in [1.82, 2.24) is 19.7 Å². The quantitative estimate of drug-likeness (QED) is 0.731. The minimum absolute atomic E-state index is 0.874. The Bertz CT molecular complexity index is 802. The van der Waals surface area contributed by atoms with Crippen molar-refractivity contribution in [2.24, 2.45) is 0 Å². The van der Waals surface area contributed by atoms with Crippen LogP contribution in [0, 0.1) is 27.7 Å². The normalized spacial score (nSPS) is 11.3. The van der Waals surface area contributed by atoms with Gasteiger partial charge in [0.2, 0.25) is 0 Å². The fourth-order valence-corrected chi connectivity index (χ4v) is 3.65. The van der Waals surface area contributed by atoms with Crippen LogP contribution in [0.2, 0.25) is 0 Å². The van der Waals surface area contributed by atoms with Gasteiger partial charge in [0, 0.05) is 23.7 Å². The van der Waals surface area contributed by atoms with E-state index in [1.54, 1.807) is 17.7 Å². The van der Waals surface area contributed by atoms with E-state index in [0.717, 1.165) is 41.2 Å². The molecule has 0 aliphatic rings. The highest BCUT2D eigenvalue weighted by atomic mass is 32.1. The van der Waals surface area contributed by atoms with Crippen LogP contribution in [0.25, 0.3) is 10.2 Å². The van der Waals surface area contributed by atoms with Crippen LogP contribution in [-0.4, -0.2) is 26.3 Å². The van der Waals surface area contributed by atoms with Crippen molar-refractivity contribution >= 4 is 27.4 Å². The molecule has 0 fully saturated rings. The van der Waals surface area contributed by atoms with E-state index in [1.807, 2.05) is 6.92 Å². The predicted octanol–water partition coefficient (Wildman–Crippen LogP) is 3.62. The van der Waals surface area contributed by atoms with Gasteiger partial charge in [0.1, 0.15) is 17.0 Å². The molecule has 3 rings (SSSR count). The molecule has 3 aromatic rings. The maximum absolute atomic E-state index is 4.49. The maximum Gasteiger partial charge on any atom is 0.138 e. The third kappa shape index (κ3) is 2.83. The van der Waals surface area contributed by atoms with Crippen molar-refractivity contribution in [1.29, 1.82) is 0 Å². The first kappa shape index (κ1) is 15.0. The number of hydrogen-bond donors (Lipinski definition) is 1. The van der Waals surface area contributed by atoms with Crippen LogP contribution in [0.3, 0.4) is 0 Å². The Morgan fingerprint density at radius 1 is 1.18 bits per heavy atom. The zero-order chi connectivity index (χ0) is 15.7. The first-order chi connectivity index (χ1) is 10.6. The van der Waals surface area contributed by atoms with Crippen LogP contribution >= 0.6 is 11.3 Å². The van der Waals surface area contributed by atoms with Gasteiger partial charge in [-0.25, -0.2) is 9.97 Å². The number of thiophene rings is 1. The lowest BCUT2D eigenvalue weighted by molar-refractivity contribution is 0.573. The van der Waals surface area contributed by atoms with Gasteiger partial charge in [-0.05, 0) is 45.7 Å². The summed E-state index contributed by atoms with van der Waals surface area (Å²) >= 11 is 1.73. The van der Waals surface area contributed by atoms with E-state index in [-0.39, 0.29) is 0 Å². The standard InChI is InChI=1S/C16H21N5S/c1-10-8-11(2)21(20-10)7-5-6-17-15-14-12(3)13(4)22-16(14)19-9-18-15/h8-9H,5-7H2,1-4H3,(H,17,18,19). The van der Waals surface area contributed by atoms with Crippen LogP contribution in [0.15, 0.2) is 12.4 Å². The molecule has 6 heteroatoms. The Labute approximate surface area is 134 Å². The largest absolute Gasteiger partial charge is 0.369 e. The highest BCUT2D eigenvalue weighted by Crippen LogP contribution is 2.32. The molecule has 0 aromatic carbocycles. The zero-order valence-corrected chi connectivity index (χ0v) is 14.3. The zero-order valence-electron chi connectivity index (χ0n) is 13.5. The van der Waals surface area contributed by atoms with Crippen LogP contribution in [0.4, 0.5) is 5.82 Å². The summed E-state index contributed by atoms with van der Waals surface area (Å²) in [4.78, 5) is 11.1. The molecule has 22 heavy (non-hydrogen) atoms. The molecular formula is C16H21N5S. The van der Waals surface area contributed by atoms with Gasteiger partial charge in [-0.15, -0.1) is 11.3 Å². The van der Waals surface area contributed by atoms with Gasteiger partial charge >= 0.3 is 0 Å². The maximum atomic E-state index is 4.49. The van der Waals surface area contributed by atoms with E-state index >= 15 is 0 Å². The SMILES string of the molecule is Cc1cc(C)n(CCCNc2ncnc3sc(C)c(C)c23)n1. The van der Waals surface area contributed by atoms with Gasteiger partial charge in [0.15, 0.2) is 0 Å². The second-order valence-electron chi connectivity index (χ2n) is 5.62. The van der Waals surface area contributed by atoms with Gasteiger partial charge < -0.3 is 5.32 Å². The van der Waals surface area contributed by atoms with Crippen molar-refractivity contribution < 1.29 is 0 Å². The highest BCUT2D eigenvalue weighted by Gasteiger charge is 2.11. The van der Waals surface area contributed by atoms with Gasteiger partial charge in [-0.1, -0.05) is 0 Å². The van der Waals surface area contributed by atoms with Gasteiger partial charge in [0.05, 0.1) is 11.1 Å². The Morgan fingerprint density at radius 3 is 2.73 bits per heavy atom. The molecule has 3 aromatic heterocycles. The van der Waals surface area contributed by atoms with Crippen molar-refractivity contribution in [3.63, 3.8) is 0 Å². The highest BCUT2D eigenvalue weighted by molar-refractivity contribution is 7.18. The molecule has 116 valence electrons. The lowest BCUT2D eigenvalue weighted by Gasteiger charge is -2.08. The molecular weight excluding hydrogens is 294 g/mol. The second-order valence-corrected chi connectivity index (χ2v) is 6.82. The molecule has 0 saturated carbocycles. The Morgan fingerprint density at radius 2 is 2.00 bits per heavy atom. The smallest absolute Gasteiger partial charge is 0.138 e. The molecule has 0 saturated heterocycles. The Balaban J connectivity index is 1.66. The number of rotatable bonds is 5. The number of nitrogens with zero attached hydrogens (tertiary/aromatic N) is 4. The third-order valence-corrected chi connectivity index (χ3v) is 5.02. The topological polar surface area (TPSA) is 55.6 Å². The summed E-state index contributed by atoms with van der Waals surface area (Å²) in [5.74, 6) is 0.945.